The van der Waals surface area contributed by atoms with Crippen LogP contribution in [0.25, 0.3) is 10.9 Å². The summed E-state index contributed by atoms with van der Waals surface area (Å²) in [7, 11) is 0. The summed E-state index contributed by atoms with van der Waals surface area (Å²) in [6.07, 6.45) is 1.47. The summed E-state index contributed by atoms with van der Waals surface area (Å²) in [6, 6.07) is 8.97. The van der Waals surface area contributed by atoms with Crippen molar-refractivity contribution in [1.82, 2.24) is 9.97 Å². The van der Waals surface area contributed by atoms with Crippen molar-refractivity contribution in [2.45, 2.75) is 6.92 Å². The number of rotatable bonds is 2. The molecule has 0 fully saturated rings. The number of benzene rings is 1. The van der Waals surface area contributed by atoms with Gasteiger partial charge < -0.3 is 4.42 Å². The molecule has 5 nitrogen and oxygen atoms in total. The van der Waals surface area contributed by atoms with Gasteiger partial charge in [0.1, 0.15) is 11.4 Å². The smallest absolute Gasteiger partial charge is 0.301 e. The molecule has 0 atom stereocenters. The number of carbonyl (C=O) groups is 1. The third-order valence-electron chi connectivity index (χ3n) is 2.77. The Balaban J connectivity index is 2.02. The van der Waals surface area contributed by atoms with Crippen molar-refractivity contribution >= 4 is 34.4 Å². The molecular formula is C14H10ClN3O2. The van der Waals surface area contributed by atoms with Crippen molar-refractivity contribution in [3.05, 3.63) is 53.0 Å². The number of halogens is 1. The SMILES string of the molecule is Cc1coc(NC(=O)c2cc(Cl)nc3ccccc23)n1. The zero-order valence-corrected chi connectivity index (χ0v) is 11.3. The van der Waals surface area contributed by atoms with Gasteiger partial charge in [0.25, 0.3) is 5.91 Å². The normalized spacial score (nSPS) is 10.7. The number of pyridine rings is 1. The topological polar surface area (TPSA) is 68.0 Å². The molecule has 0 bridgehead atoms. The van der Waals surface area contributed by atoms with Crippen LogP contribution in [0.5, 0.6) is 0 Å². The Morgan fingerprint density at radius 1 is 1.30 bits per heavy atom. The molecule has 0 saturated heterocycles. The van der Waals surface area contributed by atoms with E-state index in [4.69, 9.17) is 16.0 Å². The Bertz CT molecular complexity index is 798. The lowest BCUT2D eigenvalue weighted by atomic mass is 10.1. The second-order valence-corrected chi connectivity index (χ2v) is 4.65. The van der Waals surface area contributed by atoms with E-state index < -0.39 is 0 Å². The van der Waals surface area contributed by atoms with Gasteiger partial charge in [0.05, 0.1) is 16.8 Å². The summed E-state index contributed by atoms with van der Waals surface area (Å²) >= 11 is 5.94. The Hall–Kier alpha value is -2.40. The summed E-state index contributed by atoms with van der Waals surface area (Å²) in [6.45, 7) is 1.78. The van der Waals surface area contributed by atoms with Crippen LogP contribution in [0.4, 0.5) is 6.01 Å². The minimum absolute atomic E-state index is 0.157. The number of para-hydroxylation sites is 1. The number of fused-ring (bicyclic) bond motifs is 1. The second-order valence-electron chi connectivity index (χ2n) is 4.26. The van der Waals surface area contributed by atoms with Crippen LogP contribution in [-0.2, 0) is 0 Å². The maximum atomic E-state index is 12.3. The van der Waals surface area contributed by atoms with Gasteiger partial charge in [-0.15, -0.1) is 0 Å². The van der Waals surface area contributed by atoms with E-state index in [0.717, 1.165) is 5.39 Å². The van der Waals surface area contributed by atoms with Crippen molar-refractivity contribution in [3.63, 3.8) is 0 Å². The average Bonchev–Trinajstić information content (AvgIpc) is 2.83. The number of anilines is 1. The summed E-state index contributed by atoms with van der Waals surface area (Å²) in [5.74, 6) is -0.340. The Kier molecular flexibility index (Phi) is 3.12. The number of hydrogen-bond acceptors (Lipinski definition) is 4. The first-order valence-corrected chi connectivity index (χ1v) is 6.30. The van der Waals surface area contributed by atoms with Gasteiger partial charge in [-0.1, -0.05) is 29.8 Å². The maximum Gasteiger partial charge on any atom is 0.301 e. The van der Waals surface area contributed by atoms with E-state index in [1.54, 1.807) is 13.0 Å². The van der Waals surface area contributed by atoms with E-state index in [1.807, 2.05) is 18.2 Å². The van der Waals surface area contributed by atoms with Crippen LogP contribution >= 0.6 is 11.6 Å². The van der Waals surface area contributed by atoms with E-state index in [-0.39, 0.29) is 17.1 Å². The molecule has 0 spiro atoms. The highest BCUT2D eigenvalue weighted by Crippen LogP contribution is 2.21. The second kappa shape index (κ2) is 4.94. The van der Waals surface area contributed by atoms with E-state index in [1.165, 1.54) is 12.3 Å². The third-order valence-corrected chi connectivity index (χ3v) is 2.96. The number of nitrogens with zero attached hydrogens (tertiary/aromatic N) is 2. The van der Waals surface area contributed by atoms with Gasteiger partial charge >= 0.3 is 6.01 Å². The van der Waals surface area contributed by atoms with Gasteiger partial charge in [0.15, 0.2) is 0 Å². The van der Waals surface area contributed by atoms with Crippen molar-refractivity contribution in [1.29, 1.82) is 0 Å². The largest absolute Gasteiger partial charge is 0.432 e. The van der Waals surface area contributed by atoms with Crippen molar-refractivity contribution in [3.8, 4) is 0 Å². The van der Waals surface area contributed by atoms with Crippen LogP contribution in [0.3, 0.4) is 0 Å². The van der Waals surface area contributed by atoms with Gasteiger partial charge in [-0.05, 0) is 19.1 Å². The quantitative estimate of drug-likeness (QED) is 0.733. The highest BCUT2D eigenvalue weighted by Gasteiger charge is 2.14. The molecule has 0 unspecified atom stereocenters. The predicted octanol–water partition coefficient (Wildman–Crippen LogP) is 3.44. The average molecular weight is 288 g/mol. The molecular weight excluding hydrogens is 278 g/mol. The Morgan fingerprint density at radius 3 is 2.85 bits per heavy atom. The molecule has 0 radical (unpaired) electrons. The number of nitrogens with one attached hydrogen (secondary N) is 1. The number of oxazole rings is 1. The number of hydrogen-bond donors (Lipinski definition) is 1. The predicted molar refractivity (Wildman–Crippen MR) is 75.9 cm³/mol. The fraction of sp³-hybridized carbons (Fsp3) is 0.0714. The standard InChI is InChI=1S/C14H10ClN3O2/c1-8-7-20-14(16-8)18-13(19)10-6-12(15)17-11-5-3-2-4-9(10)11/h2-7H,1H3,(H,16,18,19). The number of aromatic nitrogens is 2. The minimum Gasteiger partial charge on any atom is -0.432 e. The zero-order chi connectivity index (χ0) is 14.1. The van der Waals surface area contributed by atoms with E-state index >= 15 is 0 Å². The zero-order valence-electron chi connectivity index (χ0n) is 10.6. The van der Waals surface area contributed by atoms with Crippen LogP contribution in [0.2, 0.25) is 5.15 Å². The summed E-state index contributed by atoms with van der Waals surface area (Å²) in [4.78, 5) is 20.5. The summed E-state index contributed by atoms with van der Waals surface area (Å²) < 4.78 is 5.11. The van der Waals surface area contributed by atoms with Crippen molar-refractivity contribution in [2.24, 2.45) is 0 Å². The molecule has 1 amide bonds. The maximum absolute atomic E-state index is 12.3. The van der Waals surface area contributed by atoms with Gasteiger partial charge in [0.2, 0.25) is 0 Å². The van der Waals surface area contributed by atoms with Crippen LogP contribution in [0.15, 0.2) is 41.0 Å². The Labute approximate surface area is 119 Å². The molecule has 1 aromatic carbocycles. The molecule has 1 N–H and O–H groups in total. The van der Waals surface area contributed by atoms with Crippen LogP contribution in [0.1, 0.15) is 16.1 Å². The molecule has 100 valence electrons. The fourth-order valence-corrected chi connectivity index (χ4v) is 2.11. The molecule has 0 aliphatic heterocycles. The highest BCUT2D eigenvalue weighted by atomic mass is 35.5. The van der Waals surface area contributed by atoms with E-state index in [2.05, 4.69) is 15.3 Å². The van der Waals surface area contributed by atoms with Crippen molar-refractivity contribution in [2.75, 3.05) is 5.32 Å². The molecule has 0 aliphatic carbocycles. The summed E-state index contributed by atoms with van der Waals surface area (Å²) in [5.41, 5.74) is 1.78. The molecule has 0 saturated carbocycles. The van der Waals surface area contributed by atoms with Crippen LogP contribution in [-0.4, -0.2) is 15.9 Å². The van der Waals surface area contributed by atoms with Gasteiger partial charge in [0, 0.05) is 5.39 Å². The molecule has 6 heteroatoms. The lowest BCUT2D eigenvalue weighted by Crippen LogP contribution is -2.13. The number of carbonyl (C=O) groups excluding carboxylic acids is 1. The monoisotopic (exact) mass is 287 g/mol. The molecule has 2 aromatic heterocycles. The number of aryl methyl sites for hydroxylation is 1. The minimum atomic E-state index is -0.340. The van der Waals surface area contributed by atoms with Gasteiger partial charge in [-0.3, -0.25) is 10.1 Å². The fourth-order valence-electron chi connectivity index (χ4n) is 1.91. The Morgan fingerprint density at radius 2 is 2.10 bits per heavy atom. The lowest BCUT2D eigenvalue weighted by molar-refractivity contribution is 0.102. The molecule has 3 rings (SSSR count). The molecule has 3 aromatic rings. The highest BCUT2D eigenvalue weighted by molar-refractivity contribution is 6.30. The first-order valence-electron chi connectivity index (χ1n) is 5.92. The van der Waals surface area contributed by atoms with E-state index in [0.29, 0.717) is 16.8 Å². The van der Waals surface area contributed by atoms with Crippen LogP contribution in [0, 0.1) is 6.92 Å². The van der Waals surface area contributed by atoms with Crippen LogP contribution < -0.4 is 5.32 Å². The lowest BCUT2D eigenvalue weighted by Gasteiger charge is -2.06. The van der Waals surface area contributed by atoms with Gasteiger partial charge in [-0.25, -0.2) is 4.98 Å². The summed E-state index contributed by atoms with van der Waals surface area (Å²) in [5, 5.41) is 3.58. The molecule has 0 aliphatic rings. The first-order chi connectivity index (χ1) is 9.63. The molecule has 2 heterocycles. The van der Waals surface area contributed by atoms with E-state index in [9.17, 15) is 4.79 Å². The van der Waals surface area contributed by atoms with Crippen molar-refractivity contribution < 1.29 is 9.21 Å². The first kappa shape index (κ1) is 12.6. The molecule has 20 heavy (non-hydrogen) atoms. The van der Waals surface area contributed by atoms with Gasteiger partial charge in [-0.2, -0.15) is 4.98 Å². The third kappa shape index (κ3) is 2.35. The number of amides is 1.